The summed E-state index contributed by atoms with van der Waals surface area (Å²) in [7, 11) is 0. The van der Waals surface area contributed by atoms with E-state index >= 15 is 0 Å². The molecule has 3 amide bonds. The Morgan fingerprint density at radius 1 is 1.33 bits per heavy atom. The van der Waals surface area contributed by atoms with E-state index in [0.717, 1.165) is 13.1 Å². The highest BCUT2D eigenvalue weighted by Gasteiger charge is 2.27. The maximum absolute atomic E-state index is 12.4. The summed E-state index contributed by atoms with van der Waals surface area (Å²) >= 11 is 0. The standard InChI is InChI=1S/C15H22N4O2/c1-11-10-16-8-9-19(11)14(20)12(2)17-15(21)18-13-6-4-3-5-7-13/h3-7,11-12,16H,8-10H2,1-2H3,(H2,17,18,21)/t11-,12?/m0/s1. The number of nitrogens with one attached hydrogen (secondary N) is 3. The minimum absolute atomic E-state index is 0.0489. The van der Waals surface area contributed by atoms with Crippen LogP contribution in [0.15, 0.2) is 30.3 Å². The topological polar surface area (TPSA) is 73.5 Å². The lowest BCUT2D eigenvalue weighted by molar-refractivity contribution is -0.135. The number of amides is 3. The van der Waals surface area contributed by atoms with Crippen LogP contribution in [0.3, 0.4) is 0 Å². The van der Waals surface area contributed by atoms with E-state index in [1.165, 1.54) is 0 Å². The summed E-state index contributed by atoms with van der Waals surface area (Å²) in [6.45, 7) is 5.96. The number of para-hydroxylation sites is 1. The molecule has 114 valence electrons. The molecule has 2 atom stereocenters. The van der Waals surface area contributed by atoms with Crippen LogP contribution in [-0.2, 0) is 4.79 Å². The van der Waals surface area contributed by atoms with Gasteiger partial charge < -0.3 is 20.9 Å². The summed E-state index contributed by atoms with van der Waals surface area (Å²) in [4.78, 5) is 26.0. The highest BCUT2D eigenvalue weighted by Crippen LogP contribution is 2.07. The van der Waals surface area contributed by atoms with E-state index in [2.05, 4.69) is 16.0 Å². The molecule has 1 aromatic carbocycles. The van der Waals surface area contributed by atoms with Crippen LogP contribution in [-0.4, -0.2) is 48.6 Å². The van der Waals surface area contributed by atoms with Crippen molar-refractivity contribution in [3.63, 3.8) is 0 Å². The molecule has 0 aromatic heterocycles. The van der Waals surface area contributed by atoms with Crippen LogP contribution in [0.5, 0.6) is 0 Å². The highest BCUT2D eigenvalue weighted by atomic mass is 16.2. The molecule has 1 heterocycles. The molecule has 3 N–H and O–H groups in total. The normalized spacial score (nSPS) is 19.7. The summed E-state index contributed by atoms with van der Waals surface area (Å²) in [5.74, 6) is -0.0489. The largest absolute Gasteiger partial charge is 0.336 e. The van der Waals surface area contributed by atoms with Gasteiger partial charge in [0.25, 0.3) is 0 Å². The first-order valence-corrected chi connectivity index (χ1v) is 7.21. The van der Waals surface area contributed by atoms with Crippen LogP contribution in [0.25, 0.3) is 0 Å². The van der Waals surface area contributed by atoms with E-state index in [0.29, 0.717) is 12.2 Å². The van der Waals surface area contributed by atoms with E-state index in [1.807, 2.05) is 30.0 Å². The van der Waals surface area contributed by atoms with Crippen LogP contribution in [0.4, 0.5) is 10.5 Å². The van der Waals surface area contributed by atoms with Crippen molar-refractivity contribution >= 4 is 17.6 Å². The second kappa shape index (κ2) is 7.08. The molecule has 0 spiro atoms. The van der Waals surface area contributed by atoms with Crippen molar-refractivity contribution in [3.05, 3.63) is 30.3 Å². The van der Waals surface area contributed by atoms with Gasteiger partial charge in [0.2, 0.25) is 5.91 Å². The molecule has 1 saturated heterocycles. The Kier molecular flexibility index (Phi) is 5.16. The molecule has 1 aromatic rings. The maximum Gasteiger partial charge on any atom is 0.319 e. The second-order valence-corrected chi connectivity index (χ2v) is 5.27. The molecule has 1 aliphatic heterocycles. The Morgan fingerprint density at radius 3 is 2.71 bits per heavy atom. The van der Waals surface area contributed by atoms with Crippen molar-refractivity contribution in [2.45, 2.75) is 25.9 Å². The van der Waals surface area contributed by atoms with E-state index in [1.54, 1.807) is 19.1 Å². The summed E-state index contributed by atoms with van der Waals surface area (Å²) < 4.78 is 0. The van der Waals surface area contributed by atoms with Crippen molar-refractivity contribution in [1.82, 2.24) is 15.5 Å². The lowest BCUT2D eigenvalue weighted by Gasteiger charge is -2.35. The number of hydrogen-bond donors (Lipinski definition) is 3. The average Bonchev–Trinajstić information content (AvgIpc) is 2.48. The molecule has 6 nitrogen and oxygen atoms in total. The Bertz CT molecular complexity index is 492. The minimum Gasteiger partial charge on any atom is -0.336 e. The zero-order valence-corrected chi connectivity index (χ0v) is 12.4. The summed E-state index contributed by atoms with van der Waals surface area (Å²) in [6.07, 6.45) is 0. The number of nitrogens with zero attached hydrogens (tertiary/aromatic N) is 1. The van der Waals surface area contributed by atoms with Gasteiger partial charge in [-0.15, -0.1) is 0 Å². The van der Waals surface area contributed by atoms with Gasteiger partial charge in [-0.2, -0.15) is 0 Å². The predicted octanol–water partition coefficient (Wildman–Crippen LogP) is 1.02. The third-order valence-corrected chi connectivity index (χ3v) is 3.53. The summed E-state index contributed by atoms with van der Waals surface area (Å²) in [5, 5.41) is 8.63. The van der Waals surface area contributed by atoms with Gasteiger partial charge in [0.05, 0.1) is 0 Å². The number of hydrogen-bond acceptors (Lipinski definition) is 3. The molecule has 2 rings (SSSR count). The van der Waals surface area contributed by atoms with E-state index in [4.69, 9.17) is 0 Å². The van der Waals surface area contributed by atoms with Crippen LogP contribution >= 0.6 is 0 Å². The van der Waals surface area contributed by atoms with Crippen molar-refractivity contribution in [2.75, 3.05) is 25.0 Å². The molecule has 1 fully saturated rings. The molecule has 0 bridgehead atoms. The fourth-order valence-electron chi connectivity index (χ4n) is 2.36. The maximum atomic E-state index is 12.4. The van der Waals surface area contributed by atoms with Gasteiger partial charge in [-0.25, -0.2) is 4.79 Å². The molecule has 1 unspecified atom stereocenters. The number of rotatable bonds is 3. The van der Waals surface area contributed by atoms with Gasteiger partial charge in [0.15, 0.2) is 0 Å². The zero-order chi connectivity index (χ0) is 15.2. The van der Waals surface area contributed by atoms with Crippen molar-refractivity contribution < 1.29 is 9.59 Å². The number of carbonyl (C=O) groups is 2. The molecule has 1 aliphatic rings. The van der Waals surface area contributed by atoms with Crippen LogP contribution in [0.1, 0.15) is 13.8 Å². The van der Waals surface area contributed by atoms with E-state index in [9.17, 15) is 9.59 Å². The lowest BCUT2D eigenvalue weighted by atomic mass is 10.2. The number of piperazine rings is 1. The average molecular weight is 290 g/mol. The Labute approximate surface area is 124 Å². The van der Waals surface area contributed by atoms with E-state index in [-0.39, 0.29) is 18.0 Å². The fraction of sp³-hybridized carbons (Fsp3) is 0.467. The Hall–Kier alpha value is -2.08. The smallest absolute Gasteiger partial charge is 0.319 e. The van der Waals surface area contributed by atoms with Crippen LogP contribution in [0, 0.1) is 0 Å². The van der Waals surface area contributed by atoms with Crippen molar-refractivity contribution in [1.29, 1.82) is 0 Å². The third kappa shape index (κ3) is 4.19. The van der Waals surface area contributed by atoms with Gasteiger partial charge in [0, 0.05) is 31.4 Å². The monoisotopic (exact) mass is 290 g/mol. The van der Waals surface area contributed by atoms with Gasteiger partial charge in [-0.3, -0.25) is 4.79 Å². The number of anilines is 1. The van der Waals surface area contributed by atoms with Crippen molar-refractivity contribution in [3.8, 4) is 0 Å². The summed E-state index contributed by atoms with van der Waals surface area (Å²) in [6, 6.07) is 8.38. The molecule has 21 heavy (non-hydrogen) atoms. The summed E-state index contributed by atoms with van der Waals surface area (Å²) in [5.41, 5.74) is 0.699. The first-order chi connectivity index (χ1) is 10.1. The lowest BCUT2D eigenvalue weighted by Crippen LogP contribution is -2.57. The Balaban J connectivity index is 1.86. The number of benzene rings is 1. The molecule has 0 radical (unpaired) electrons. The van der Waals surface area contributed by atoms with Crippen molar-refractivity contribution in [2.24, 2.45) is 0 Å². The number of urea groups is 1. The molecular formula is C15H22N4O2. The third-order valence-electron chi connectivity index (χ3n) is 3.53. The fourth-order valence-corrected chi connectivity index (χ4v) is 2.36. The zero-order valence-electron chi connectivity index (χ0n) is 12.4. The first kappa shape index (κ1) is 15.3. The van der Waals surface area contributed by atoms with Gasteiger partial charge in [0.1, 0.15) is 6.04 Å². The van der Waals surface area contributed by atoms with E-state index < -0.39 is 6.04 Å². The molecular weight excluding hydrogens is 268 g/mol. The van der Waals surface area contributed by atoms with Gasteiger partial charge in [-0.1, -0.05) is 18.2 Å². The quantitative estimate of drug-likeness (QED) is 0.778. The SMILES string of the molecule is CC(NC(=O)Nc1ccccc1)C(=O)N1CCNC[C@@H]1C. The number of carbonyl (C=O) groups excluding carboxylic acids is 2. The predicted molar refractivity (Wildman–Crippen MR) is 82.1 cm³/mol. The van der Waals surface area contributed by atoms with Gasteiger partial charge in [-0.05, 0) is 26.0 Å². The van der Waals surface area contributed by atoms with Crippen LogP contribution < -0.4 is 16.0 Å². The Morgan fingerprint density at radius 2 is 2.05 bits per heavy atom. The molecule has 6 heteroatoms. The molecule has 0 saturated carbocycles. The highest BCUT2D eigenvalue weighted by molar-refractivity contribution is 5.93. The minimum atomic E-state index is -0.547. The first-order valence-electron chi connectivity index (χ1n) is 7.21. The second-order valence-electron chi connectivity index (χ2n) is 5.27. The molecule has 0 aliphatic carbocycles. The van der Waals surface area contributed by atoms with Gasteiger partial charge >= 0.3 is 6.03 Å². The van der Waals surface area contributed by atoms with Crippen LogP contribution in [0.2, 0.25) is 0 Å².